The summed E-state index contributed by atoms with van der Waals surface area (Å²) in [5.74, 6) is 0.363. The Hall–Kier alpha value is -1.02. The van der Waals surface area contributed by atoms with Crippen LogP contribution in [0, 0.1) is 0 Å². The second-order valence-electron chi connectivity index (χ2n) is 4.75. The smallest absolute Gasteiger partial charge is 0.115 e. The largest absolute Gasteiger partial charge is 0.508 e. The minimum absolute atomic E-state index is 0.363. The van der Waals surface area contributed by atoms with Crippen LogP contribution >= 0.6 is 0 Å². The number of phenolic OH excluding ortho intramolecular Hbond substituents is 1. The lowest BCUT2D eigenvalue weighted by molar-refractivity contribution is 0.192. The van der Waals surface area contributed by atoms with Crippen LogP contribution in [0.3, 0.4) is 0 Å². The summed E-state index contributed by atoms with van der Waals surface area (Å²) < 4.78 is 0. The minimum Gasteiger partial charge on any atom is -0.508 e. The molecular formula is C15H25NO. The third-order valence-electron chi connectivity index (χ3n) is 3.31. The molecule has 1 N–H and O–H groups in total. The van der Waals surface area contributed by atoms with Crippen molar-refractivity contribution in [2.24, 2.45) is 0 Å². The van der Waals surface area contributed by atoms with E-state index in [4.69, 9.17) is 0 Å². The van der Waals surface area contributed by atoms with Gasteiger partial charge >= 0.3 is 0 Å². The highest BCUT2D eigenvalue weighted by atomic mass is 16.3. The van der Waals surface area contributed by atoms with E-state index in [0.29, 0.717) is 11.8 Å². The summed E-state index contributed by atoms with van der Waals surface area (Å²) in [6, 6.07) is 8.19. The summed E-state index contributed by atoms with van der Waals surface area (Å²) in [5.41, 5.74) is 1.20. The zero-order chi connectivity index (χ0) is 12.7. The number of hydrogen-bond acceptors (Lipinski definition) is 2. The van der Waals surface area contributed by atoms with E-state index in [2.05, 4.69) is 31.7 Å². The van der Waals surface area contributed by atoms with Gasteiger partial charge in [0.05, 0.1) is 0 Å². The average Bonchev–Trinajstić information content (AvgIpc) is 2.33. The van der Waals surface area contributed by atoms with E-state index in [1.807, 2.05) is 12.1 Å². The molecule has 1 rings (SSSR count). The van der Waals surface area contributed by atoms with Crippen molar-refractivity contribution in [1.29, 1.82) is 0 Å². The van der Waals surface area contributed by atoms with Crippen molar-refractivity contribution in [3.63, 3.8) is 0 Å². The molecule has 2 heteroatoms. The maximum atomic E-state index is 9.48. The second kappa shape index (κ2) is 7.33. The third kappa shape index (κ3) is 4.78. The number of nitrogens with zero attached hydrogens (tertiary/aromatic N) is 1. The van der Waals surface area contributed by atoms with E-state index < -0.39 is 0 Å². The Labute approximate surface area is 105 Å². The first-order valence-corrected chi connectivity index (χ1v) is 6.69. The van der Waals surface area contributed by atoms with E-state index >= 15 is 0 Å². The molecule has 1 aromatic rings. The van der Waals surface area contributed by atoms with Gasteiger partial charge in [0.25, 0.3) is 0 Å². The van der Waals surface area contributed by atoms with E-state index in [9.17, 15) is 5.11 Å². The Morgan fingerprint density at radius 1 is 1.29 bits per heavy atom. The van der Waals surface area contributed by atoms with Crippen LogP contribution < -0.4 is 0 Å². The summed E-state index contributed by atoms with van der Waals surface area (Å²) in [7, 11) is 0. The molecule has 17 heavy (non-hydrogen) atoms. The molecule has 0 heterocycles. The highest BCUT2D eigenvalue weighted by Gasteiger charge is 2.12. The fourth-order valence-corrected chi connectivity index (χ4v) is 1.96. The van der Waals surface area contributed by atoms with Gasteiger partial charge in [0.1, 0.15) is 5.75 Å². The van der Waals surface area contributed by atoms with E-state index in [1.54, 1.807) is 6.07 Å². The van der Waals surface area contributed by atoms with Crippen LogP contribution in [0.25, 0.3) is 0 Å². The molecule has 1 atom stereocenters. The molecule has 0 saturated carbocycles. The van der Waals surface area contributed by atoms with Gasteiger partial charge in [0.2, 0.25) is 0 Å². The van der Waals surface area contributed by atoms with Crippen LogP contribution in [0.5, 0.6) is 5.75 Å². The molecule has 0 aliphatic carbocycles. The molecule has 0 bridgehead atoms. The highest BCUT2D eigenvalue weighted by Crippen LogP contribution is 2.16. The molecule has 0 saturated heterocycles. The van der Waals surface area contributed by atoms with Crippen LogP contribution in [0.1, 0.15) is 45.6 Å². The van der Waals surface area contributed by atoms with Crippen molar-refractivity contribution in [3.05, 3.63) is 29.8 Å². The summed E-state index contributed by atoms with van der Waals surface area (Å²) in [4.78, 5) is 2.50. The Kier molecular flexibility index (Phi) is 6.06. The first-order valence-electron chi connectivity index (χ1n) is 6.69. The number of phenols is 1. The van der Waals surface area contributed by atoms with Gasteiger partial charge in [0.15, 0.2) is 0 Å². The average molecular weight is 235 g/mol. The first-order chi connectivity index (χ1) is 8.17. The number of aromatic hydroxyl groups is 1. The van der Waals surface area contributed by atoms with Crippen molar-refractivity contribution >= 4 is 0 Å². The zero-order valence-electron chi connectivity index (χ0n) is 11.3. The van der Waals surface area contributed by atoms with E-state index in [0.717, 1.165) is 13.1 Å². The van der Waals surface area contributed by atoms with Crippen LogP contribution in [0.15, 0.2) is 24.3 Å². The minimum atomic E-state index is 0.363. The predicted octanol–water partition coefficient (Wildman–Crippen LogP) is 3.79. The lowest BCUT2D eigenvalue weighted by Gasteiger charge is -2.28. The van der Waals surface area contributed by atoms with E-state index in [-0.39, 0.29) is 0 Å². The molecule has 0 aromatic heterocycles. The summed E-state index contributed by atoms with van der Waals surface area (Å²) in [6.07, 6.45) is 3.64. The van der Waals surface area contributed by atoms with Crippen LogP contribution in [0.2, 0.25) is 0 Å². The van der Waals surface area contributed by atoms with Gasteiger partial charge in [-0.2, -0.15) is 0 Å². The normalized spacial score (nSPS) is 12.9. The van der Waals surface area contributed by atoms with Crippen molar-refractivity contribution in [2.45, 2.75) is 52.6 Å². The summed E-state index contributed by atoms with van der Waals surface area (Å²) in [6.45, 7) is 8.80. The van der Waals surface area contributed by atoms with Crippen molar-refractivity contribution in [3.8, 4) is 5.75 Å². The van der Waals surface area contributed by atoms with Crippen LogP contribution in [-0.2, 0) is 6.54 Å². The molecule has 0 fully saturated rings. The monoisotopic (exact) mass is 235 g/mol. The van der Waals surface area contributed by atoms with Crippen LogP contribution in [0.4, 0.5) is 0 Å². The number of rotatable bonds is 7. The Morgan fingerprint density at radius 2 is 2.06 bits per heavy atom. The van der Waals surface area contributed by atoms with Crippen molar-refractivity contribution < 1.29 is 5.11 Å². The van der Waals surface area contributed by atoms with Crippen molar-refractivity contribution in [2.75, 3.05) is 6.54 Å². The topological polar surface area (TPSA) is 23.5 Å². The molecule has 96 valence electrons. The second-order valence-corrected chi connectivity index (χ2v) is 4.75. The standard InChI is InChI=1S/C15H25NO/c1-4-6-10-16(13(3)5-2)12-14-8-7-9-15(17)11-14/h7-9,11,13,17H,4-6,10,12H2,1-3H3. The number of benzene rings is 1. The Bertz CT molecular complexity index is 324. The third-order valence-corrected chi connectivity index (χ3v) is 3.31. The zero-order valence-corrected chi connectivity index (χ0v) is 11.3. The molecule has 2 nitrogen and oxygen atoms in total. The van der Waals surface area contributed by atoms with E-state index in [1.165, 1.54) is 24.8 Å². The highest BCUT2D eigenvalue weighted by molar-refractivity contribution is 5.27. The van der Waals surface area contributed by atoms with Gasteiger partial charge in [-0.25, -0.2) is 0 Å². The van der Waals surface area contributed by atoms with Gasteiger partial charge in [-0.1, -0.05) is 32.4 Å². The molecular weight excluding hydrogens is 210 g/mol. The number of hydrogen-bond donors (Lipinski definition) is 1. The molecule has 1 unspecified atom stereocenters. The molecule has 0 aliphatic rings. The van der Waals surface area contributed by atoms with Crippen molar-refractivity contribution in [1.82, 2.24) is 4.90 Å². The fourth-order valence-electron chi connectivity index (χ4n) is 1.96. The summed E-state index contributed by atoms with van der Waals surface area (Å²) >= 11 is 0. The maximum Gasteiger partial charge on any atom is 0.115 e. The van der Waals surface area contributed by atoms with Gasteiger partial charge in [-0.3, -0.25) is 4.90 Å². The maximum absolute atomic E-state index is 9.48. The SMILES string of the molecule is CCCCN(Cc1cccc(O)c1)C(C)CC. The number of unbranched alkanes of at least 4 members (excludes halogenated alkanes) is 1. The predicted molar refractivity (Wildman–Crippen MR) is 73.2 cm³/mol. The lowest BCUT2D eigenvalue weighted by Crippen LogP contribution is -2.32. The molecule has 0 amide bonds. The van der Waals surface area contributed by atoms with Gasteiger partial charge in [-0.15, -0.1) is 0 Å². The Balaban J connectivity index is 2.64. The van der Waals surface area contributed by atoms with Gasteiger partial charge < -0.3 is 5.11 Å². The summed E-state index contributed by atoms with van der Waals surface area (Å²) in [5, 5.41) is 9.48. The fraction of sp³-hybridized carbons (Fsp3) is 0.600. The van der Waals surface area contributed by atoms with Gasteiger partial charge in [0, 0.05) is 12.6 Å². The molecule has 0 radical (unpaired) electrons. The van der Waals surface area contributed by atoms with Gasteiger partial charge in [-0.05, 0) is 44.0 Å². The lowest BCUT2D eigenvalue weighted by atomic mass is 10.1. The Morgan fingerprint density at radius 3 is 2.65 bits per heavy atom. The molecule has 1 aromatic carbocycles. The molecule has 0 aliphatic heterocycles. The first kappa shape index (κ1) is 14.0. The molecule has 0 spiro atoms. The quantitative estimate of drug-likeness (QED) is 0.777. The van der Waals surface area contributed by atoms with Crippen LogP contribution in [-0.4, -0.2) is 22.6 Å².